The summed E-state index contributed by atoms with van der Waals surface area (Å²) in [5, 5.41) is 4.47. The standard InChI is InChI=1S/C15H13BrN2O/c1-10-13(6-7-15(16)18-10)17-9-12-8-11-4-2-3-5-14(11)19-12/h2-8,17H,9H2,1H3. The second-order valence-corrected chi connectivity index (χ2v) is 5.18. The van der Waals surface area contributed by atoms with Gasteiger partial charge >= 0.3 is 0 Å². The van der Waals surface area contributed by atoms with Crippen LogP contribution in [0.4, 0.5) is 5.69 Å². The molecule has 3 aromatic rings. The average Bonchev–Trinajstić information content (AvgIpc) is 2.80. The van der Waals surface area contributed by atoms with Crippen molar-refractivity contribution in [1.29, 1.82) is 0 Å². The van der Waals surface area contributed by atoms with Crippen molar-refractivity contribution in [1.82, 2.24) is 4.98 Å². The molecule has 0 saturated carbocycles. The summed E-state index contributed by atoms with van der Waals surface area (Å²) in [5.74, 6) is 0.920. The molecule has 19 heavy (non-hydrogen) atoms. The van der Waals surface area contributed by atoms with Crippen molar-refractivity contribution < 1.29 is 4.42 Å². The van der Waals surface area contributed by atoms with Crippen molar-refractivity contribution in [2.24, 2.45) is 0 Å². The lowest BCUT2D eigenvalue weighted by Crippen LogP contribution is -2.01. The number of fused-ring (bicyclic) bond motifs is 1. The highest BCUT2D eigenvalue weighted by molar-refractivity contribution is 9.10. The molecule has 0 atom stereocenters. The predicted octanol–water partition coefficient (Wildman–Crippen LogP) is 4.51. The van der Waals surface area contributed by atoms with E-state index in [-0.39, 0.29) is 0 Å². The van der Waals surface area contributed by atoms with Gasteiger partial charge in [-0.05, 0) is 47.1 Å². The number of furan rings is 1. The molecule has 0 spiro atoms. The van der Waals surface area contributed by atoms with E-state index < -0.39 is 0 Å². The van der Waals surface area contributed by atoms with E-state index in [1.807, 2.05) is 37.3 Å². The van der Waals surface area contributed by atoms with Crippen LogP contribution >= 0.6 is 15.9 Å². The number of halogens is 1. The Morgan fingerprint density at radius 3 is 2.84 bits per heavy atom. The molecule has 0 aliphatic carbocycles. The zero-order valence-corrected chi connectivity index (χ0v) is 12.1. The maximum absolute atomic E-state index is 5.76. The summed E-state index contributed by atoms with van der Waals surface area (Å²) >= 11 is 3.36. The maximum Gasteiger partial charge on any atom is 0.134 e. The van der Waals surface area contributed by atoms with E-state index in [2.05, 4.69) is 38.4 Å². The van der Waals surface area contributed by atoms with Gasteiger partial charge < -0.3 is 9.73 Å². The second-order valence-electron chi connectivity index (χ2n) is 4.37. The fourth-order valence-electron chi connectivity index (χ4n) is 2.02. The molecule has 0 aliphatic rings. The molecule has 4 heteroatoms. The molecule has 0 aliphatic heterocycles. The van der Waals surface area contributed by atoms with Crippen molar-refractivity contribution in [3.63, 3.8) is 0 Å². The minimum atomic E-state index is 0.652. The van der Waals surface area contributed by atoms with Gasteiger partial charge in [-0.15, -0.1) is 0 Å². The number of aromatic nitrogens is 1. The Morgan fingerprint density at radius 2 is 2.05 bits per heavy atom. The zero-order valence-electron chi connectivity index (χ0n) is 10.5. The molecule has 0 radical (unpaired) electrons. The number of nitrogens with one attached hydrogen (secondary N) is 1. The zero-order chi connectivity index (χ0) is 13.2. The maximum atomic E-state index is 5.76. The van der Waals surface area contributed by atoms with Crippen molar-refractivity contribution in [2.45, 2.75) is 13.5 Å². The van der Waals surface area contributed by atoms with E-state index in [0.29, 0.717) is 6.54 Å². The number of hydrogen-bond acceptors (Lipinski definition) is 3. The largest absolute Gasteiger partial charge is 0.459 e. The van der Waals surface area contributed by atoms with Gasteiger partial charge in [0.05, 0.1) is 17.9 Å². The number of hydrogen-bond donors (Lipinski definition) is 1. The van der Waals surface area contributed by atoms with Gasteiger partial charge in [0, 0.05) is 5.39 Å². The number of para-hydroxylation sites is 1. The predicted molar refractivity (Wildman–Crippen MR) is 80.2 cm³/mol. The Hall–Kier alpha value is -1.81. The summed E-state index contributed by atoms with van der Waals surface area (Å²) in [4.78, 5) is 4.35. The van der Waals surface area contributed by atoms with E-state index in [1.54, 1.807) is 0 Å². The number of benzene rings is 1. The molecule has 0 unspecified atom stereocenters. The molecule has 2 heterocycles. The van der Waals surface area contributed by atoms with Crippen LogP contribution in [-0.2, 0) is 6.54 Å². The lowest BCUT2D eigenvalue weighted by atomic mass is 10.2. The van der Waals surface area contributed by atoms with E-state index in [9.17, 15) is 0 Å². The van der Waals surface area contributed by atoms with E-state index in [0.717, 1.165) is 32.7 Å². The van der Waals surface area contributed by atoms with Gasteiger partial charge in [0.2, 0.25) is 0 Å². The number of rotatable bonds is 3. The molecule has 3 rings (SSSR count). The van der Waals surface area contributed by atoms with Gasteiger partial charge in [-0.3, -0.25) is 0 Å². The molecule has 0 saturated heterocycles. The molecular formula is C15H13BrN2O. The first kappa shape index (κ1) is 12.2. The highest BCUT2D eigenvalue weighted by Crippen LogP contribution is 2.21. The molecular weight excluding hydrogens is 304 g/mol. The monoisotopic (exact) mass is 316 g/mol. The third-order valence-corrected chi connectivity index (χ3v) is 3.42. The lowest BCUT2D eigenvalue weighted by Gasteiger charge is -2.07. The molecule has 2 aromatic heterocycles. The summed E-state index contributed by atoms with van der Waals surface area (Å²) < 4.78 is 6.61. The van der Waals surface area contributed by atoms with Crippen LogP contribution in [-0.4, -0.2) is 4.98 Å². The first-order chi connectivity index (χ1) is 9.22. The SMILES string of the molecule is Cc1nc(Br)ccc1NCc1cc2ccccc2o1. The van der Waals surface area contributed by atoms with Gasteiger partial charge in [-0.25, -0.2) is 4.98 Å². The molecule has 0 bridgehead atoms. The highest BCUT2D eigenvalue weighted by atomic mass is 79.9. The summed E-state index contributed by atoms with van der Waals surface area (Å²) in [6.07, 6.45) is 0. The Morgan fingerprint density at radius 1 is 1.21 bits per heavy atom. The summed E-state index contributed by atoms with van der Waals surface area (Å²) in [6, 6.07) is 14.0. The summed E-state index contributed by atoms with van der Waals surface area (Å²) in [6.45, 7) is 2.63. The molecule has 0 amide bonds. The third-order valence-electron chi connectivity index (χ3n) is 2.98. The van der Waals surface area contributed by atoms with Crippen LogP contribution in [0, 0.1) is 6.92 Å². The minimum absolute atomic E-state index is 0.652. The lowest BCUT2D eigenvalue weighted by molar-refractivity contribution is 0.559. The molecule has 0 fully saturated rings. The molecule has 1 N–H and O–H groups in total. The van der Waals surface area contributed by atoms with Gasteiger partial charge in [-0.2, -0.15) is 0 Å². The fourth-order valence-corrected chi connectivity index (χ4v) is 2.42. The Labute approximate surface area is 119 Å². The van der Waals surface area contributed by atoms with Crippen LogP contribution in [0.1, 0.15) is 11.5 Å². The summed E-state index contributed by atoms with van der Waals surface area (Å²) in [5.41, 5.74) is 2.90. The smallest absolute Gasteiger partial charge is 0.134 e. The van der Waals surface area contributed by atoms with Crippen molar-refractivity contribution in [3.8, 4) is 0 Å². The Balaban J connectivity index is 1.78. The van der Waals surface area contributed by atoms with Crippen LogP contribution in [0.15, 0.2) is 51.5 Å². The van der Waals surface area contributed by atoms with Gasteiger partial charge in [0.25, 0.3) is 0 Å². The van der Waals surface area contributed by atoms with Crippen LogP contribution in [0.2, 0.25) is 0 Å². The van der Waals surface area contributed by atoms with E-state index in [1.165, 1.54) is 0 Å². The molecule has 96 valence electrons. The number of anilines is 1. The highest BCUT2D eigenvalue weighted by Gasteiger charge is 2.04. The van der Waals surface area contributed by atoms with Crippen LogP contribution < -0.4 is 5.32 Å². The third kappa shape index (κ3) is 2.63. The van der Waals surface area contributed by atoms with Gasteiger partial charge in [-0.1, -0.05) is 18.2 Å². The molecule has 3 nitrogen and oxygen atoms in total. The second kappa shape index (κ2) is 5.05. The van der Waals surface area contributed by atoms with Crippen LogP contribution in [0.25, 0.3) is 11.0 Å². The number of nitrogens with zero attached hydrogens (tertiary/aromatic N) is 1. The topological polar surface area (TPSA) is 38.1 Å². The summed E-state index contributed by atoms with van der Waals surface area (Å²) in [7, 11) is 0. The Bertz CT molecular complexity index is 688. The normalized spacial score (nSPS) is 10.8. The quantitative estimate of drug-likeness (QED) is 0.722. The van der Waals surface area contributed by atoms with E-state index in [4.69, 9.17) is 4.42 Å². The number of pyridine rings is 1. The molecule has 1 aromatic carbocycles. The van der Waals surface area contributed by atoms with Crippen LogP contribution in [0.5, 0.6) is 0 Å². The first-order valence-corrected chi connectivity index (χ1v) is 6.86. The van der Waals surface area contributed by atoms with Crippen molar-refractivity contribution in [3.05, 3.63) is 58.5 Å². The fraction of sp³-hybridized carbons (Fsp3) is 0.133. The van der Waals surface area contributed by atoms with Crippen molar-refractivity contribution in [2.75, 3.05) is 5.32 Å². The first-order valence-electron chi connectivity index (χ1n) is 6.07. The Kier molecular flexibility index (Phi) is 3.25. The van der Waals surface area contributed by atoms with Crippen LogP contribution in [0.3, 0.4) is 0 Å². The number of aryl methyl sites for hydroxylation is 1. The van der Waals surface area contributed by atoms with Gasteiger partial charge in [0.15, 0.2) is 0 Å². The van der Waals surface area contributed by atoms with Gasteiger partial charge in [0.1, 0.15) is 15.9 Å². The average molecular weight is 317 g/mol. The van der Waals surface area contributed by atoms with E-state index >= 15 is 0 Å². The van der Waals surface area contributed by atoms with Crippen molar-refractivity contribution >= 4 is 32.6 Å². The minimum Gasteiger partial charge on any atom is -0.459 e.